The molecule has 3 heteroatoms. The molecular formula is C24H36O3. The van der Waals surface area contributed by atoms with Gasteiger partial charge in [-0.15, -0.1) is 0 Å². The molecule has 0 aromatic heterocycles. The molecule has 6 atom stereocenters. The minimum Gasteiger partial charge on any atom is -0.462 e. The van der Waals surface area contributed by atoms with Crippen LogP contribution in [0.3, 0.4) is 0 Å². The van der Waals surface area contributed by atoms with Crippen molar-refractivity contribution in [2.75, 3.05) is 0 Å². The van der Waals surface area contributed by atoms with Gasteiger partial charge in [0.2, 0.25) is 0 Å². The second-order valence-corrected chi connectivity index (χ2v) is 11.2. The van der Waals surface area contributed by atoms with Gasteiger partial charge in [0.15, 0.2) is 0 Å². The molecule has 3 fully saturated rings. The molecule has 0 aromatic carbocycles. The van der Waals surface area contributed by atoms with Crippen molar-refractivity contribution in [1.82, 2.24) is 0 Å². The van der Waals surface area contributed by atoms with Crippen LogP contribution in [0.25, 0.3) is 0 Å². The molecule has 150 valence electrons. The van der Waals surface area contributed by atoms with E-state index in [1.165, 1.54) is 12.0 Å². The summed E-state index contributed by atoms with van der Waals surface area (Å²) in [5.41, 5.74) is 1.27. The van der Waals surface area contributed by atoms with Crippen molar-refractivity contribution in [3.05, 3.63) is 11.6 Å². The Morgan fingerprint density at radius 3 is 2.44 bits per heavy atom. The lowest BCUT2D eigenvalue weighted by atomic mass is 9.48. The number of carbonyl (C=O) groups excluding carboxylic acids is 2. The van der Waals surface area contributed by atoms with Gasteiger partial charge in [0.25, 0.3) is 0 Å². The molecule has 3 nitrogen and oxygen atoms in total. The van der Waals surface area contributed by atoms with E-state index >= 15 is 0 Å². The van der Waals surface area contributed by atoms with Crippen LogP contribution in [0, 0.1) is 34.0 Å². The topological polar surface area (TPSA) is 43.4 Å². The summed E-state index contributed by atoms with van der Waals surface area (Å²) in [4.78, 5) is 24.8. The molecule has 27 heavy (non-hydrogen) atoms. The average molecular weight is 373 g/mol. The number of fused-ring (bicyclic) bond motifs is 5. The summed E-state index contributed by atoms with van der Waals surface area (Å²) in [7, 11) is 0. The Morgan fingerprint density at radius 1 is 1.07 bits per heavy atom. The molecule has 0 saturated heterocycles. The van der Waals surface area contributed by atoms with E-state index in [0.717, 1.165) is 44.9 Å². The van der Waals surface area contributed by atoms with E-state index in [2.05, 4.69) is 19.9 Å². The number of ketones is 1. The molecule has 4 rings (SSSR count). The Bertz CT molecular complexity index is 684. The number of ether oxygens (including phenoxy) is 1. The number of allylic oxidation sites excluding steroid dienone is 1. The molecule has 0 aliphatic heterocycles. The lowest BCUT2D eigenvalue weighted by Crippen LogP contribution is -2.50. The number of carbonyl (C=O) groups is 2. The van der Waals surface area contributed by atoms with E-state index in [1.54, 1.807) is 0 Å². The molecule has 0 aromatic rings. The maximum atomic E-state index is 12.5. The first-order valence-corrected chi connectivity index (χ1v) is 11.0. The van der Waals surface area contributed by atoms with E-state index in [0.29, 0.717) is 23.5 Å². The summed E-state index contributed by atoms with van der Waals surface area (Å²) in [6.45, 7) is 10.5. The normalized spacial score (nSPS) is 44.0. The van der Waals surface area contributed by atoms with Crippen LogP contribution in [0.2, 0.25) is 0 Å². The number of rotatable bonds is 1. The smallest absolute Gasteiger partial charge is 0.311 e. The lowest BCUT2D eigenvalue weighted by Gasteiger charge is -2.57. The lowest BCUT2D eigenvalue weighted by molar-refractivity contribution is -0.160. The molecule has 1 unspecified atom stereocenters. The van der Waals surface area contributed by atoms with E-state index in [4.69, 9.17) is 4.74 Å². The highest BCUT2D eigenvalue weighted by Gasteiger charge is 2.58. The highest BCUT2D eigenvalue weighted by Crippen LogP contribution is 2.64. The van der Waals surface area contributed by atoms with Gasteiger partial charge in [0.05, 0.1) is 5.41 Å². The highest BCUT2D eigenvalue weighted by atomic mass is 16.5. The predicted molar refractivity (Wildman–Crippen MR) is 106 cm³/mol. The quantitative estimate of drug-likeness (QED) is 0.452. The monoisotopic (exact) mass is 372 g/mol. The molecule has 0 radical (unpaired) electrons. The first-order valence-electron chi connectivity index (χ1n) is 11.0. The number of Topliss-reactive ketones (excluding diaryl/α,β-unsaturated/α-hetero) is 1. The molecular weight excluding hydrogens is 336 g/mol. The number of hydrogen-bond acceptors (Lipinski definition) is 3. The van der Waals surface area contributed by atoms with Gasteiger partial charge < -0.3 is 4.74 Å². The molecule has 0 N–H and O–H groups in total. The second kappa shape index (κ2) is 6.19. The molecule has 4 aliphatic rings. The highest BCUT2D eigenvalue weighted by molar-refractivity contribution is 5.87. The maximum absolute atomic E-state index is 12.5. The number of esters is 1. The number of hydrogen-bond donors (Lipinski definition) is 0. The van der Waals surface area contributed by atoms with Gasteiger partial charge in [-0.2, -0.15) is 0 Å². The van der Waals surface area contributed by atoms with Crippen LogP contribution in [-0.4, -0.2) is 17.9 Å². The zero-order valence-corrected chi connectivity index (χ0v) is 17.8. The molecule has 4 aliphatic carbocycles. The van der Waals surface area contributed by atoms with E-state index in [-0.39, 0.29) is 22.9 Å². The van der Waals surface area contributed by atoms with Crippen LogP contribution in [0.5, 0.6) is 0 Å². The SMILES string of the molecule is CC(C)(C)C(=O)OC1CC[C@@]2(C)C(=CC[C@@H]3[C@@H]2CC[C@]2(C)C(=O)CC[C@@H]32)C1. The molecule has 0 spiro atoms. The Hall–Kier alpha value is -1.12. The Morgan fingerprint density at radius 2 is 1.74 bits per heavy atom. The summed E-state index contributed by atoms with van der Waals surface area (Å²) in [5, 5.41) is 0. The third kappa shape index (κ3) is 2.91. The van der Waals surface area contributed by atoms with Crippen LogP contribution in [-0.2, 0) is 14.3 Å². The van der Waals surface area contributed by atoms with Gasteiger partial charge in [0, 0.05) is 18.3 Å². The van der Waals surface area contributed by atoms with Crippen LogP contribution >= 0.6 is 0 Å². The zero-order chi connectivity index (χ0) is 19.6. The van der Waals surface area contributed by atoms with Crippen LogP contribution in [0.1, 0.15) is 86.0 Å². The minimum atomic E-state index is -0.435. The maximum Gasteiger partial charge on any atom is 0.311 e. The van der Waals surface area contributed by atoms with Crippen molar-refractivity contribution in [2.24, 2.45) is 34.0 Å². The minimum absolute atomic E-state index is 0.0366. The van der Waals surface area contributed by atoms with Crippen molar-refractivity contribution < 1.29 is 14.3 Å². The third-order valence-corrected chi connectivity index (χ3v) is 8.65. The second-order valence-electron chi connectivity index (χ2n) is 11.2. The van der Waals surface area contributed by atoms with Gasteiger partial charge in [-0.3, -0.25) is 9.59 Å². The first-order chi connectivity index (χ1) is 12.6. The molecule has 0 bridgehead atoms. The van der Waals surface area contributed by atoms with Crippen LogP contribution in [0.4, 0.5) is 0 Å². The standard InChI is InChI=1S/C24H36O3/c1-22(2,3)21(26)27-16-10-12-23(4)15(14-16)6-7-17-18-8-9-20(25)24(18,5)13-11-19(17)23/h6,16-19H,7-14H2,1-5H3/t16?,17-,18-,19-,23-,24-/m0/s1. The summed E-state index contributed by atoms with van der Waals surface area (Å²) in [6, 6.07) is 0. The Balaban J connectivity index is 1.53. The zero-order valence-electron chi connectivity index (χ0n) is 17.8. The third-order valence-electron chi connectivity index (χ3n) is 8.65. The molecule has 0 heterocycles. The summed E-state index contributed by atoms with van der Waals surface area (Å²) >= 11 is 0. The van der Waals surface area contributed by atoms with Crippen molar-refractivity contribution in [1.29, 1.82) is 0 Å². The van der Waals surface area contributed by atoms with Crippen molar-refractivity contribution in [2.45, 2.75) is 92.1 Å². The fraction of sp³-hybridized carbons (Fsp3) is 0.833. The summed E-state index contributed by atoms with van der Waals surface area (Å²) in [6.07, 6.45) is 10.8. The fourth-order valence-electron chi connectivity index (χ4n) is 6.83. The molecule has 0 amide bonds. The van der Waals surface area contributed by atoms with Gasteiger partial charge in [-0.25, -0.2) is 0 Å². The average Bonchev–Trinajstić information content (AvgIpc) is 2.89. The van der Waals surface area contributed by atoms with E-state index < -0.39 is 5.41 Å². The van der Waals surface area contributed by atoms with Crippen LogP contribution in [0.15, 0.2) is 11.6 Å². The van der Waals surface area contributed by atoms with Gasteiger partial charge in [-0.05, 0) is 82.5 Å². The van der Waals surface area contributed by atoms with E-state index in [9.17, 15) is 9.59 Å². The van der Waals surface area contributed by atoms with E-state index in [1.807, 2.05) is 20.8 Å². The summed E-state index contributed by atoms with van der Waals surface area (Å²) < 4.78 is 5.86. The summed E-state index contributed by atoms with van der Waals surface area (Å²) in [5.74, 6) is 2.38. The Labute approximate surface area is 164 Å². The Kier molecular flexibility index (Phi) is 4.40. The van der Waals surface area contributed by atoms with Gasteiger partial charge in [0.1, 0.15) is 11.9 Å². The largest absolute Gasteiger partial charge is 0.462 e. The predicted octanol–water partition coefficient (Wildman–Crippen LogP) is 5.48. The van der Waals surface area contributed by atoms with Crippen LogP contribution < -0.4 is 0 Å². The molecule has 3 saturated carbocycles. The van der Waals surface area contributed by atoms with Crippen molar-refractivity contribution >= 4 is 11.8 Å². The van der Waals surface area contributed by atoms with Crippen molar-refractivity contribution in [3.63, 3.8) is 0 Å². The fourth-order valence-corrected chi connectivity index (χ4v) is 6.83. The van der Waals surface area contributed by atoms with Crippen molar-refractivity contribution in [3.8, 4) is 0 Å². The van der Waals surface area contributed by atoms with Gasteiger partial charge >= 0.3 is 5.97 Å². The van der Waals surface area contributed by atoms with Gasteiger partial charge in [-0.1, -0.05) is 25.5 Å². The first kappa shape index (κ1) is 19.2.